The van der Waals surface area contributed by atoms with Gasteiger partial charge < -0.3 is 15.4 Å². The Hall–Kier alpha value is -3.25. The molecule has 0 fully saturated rings. The average molecular weight is 415 g/mol. The maximum absolute atomic E-state index is 13.1. The maximum atomic E-state index is 13.1. The first-order valence-electron chi connectivity index (χ1n) is 9.02. The van der Waals surface area contributed by atoms with Gasteiger partial charge in [-0.1, -0.05) is 6.07 Å². The van der Waals surface area contributed by atoms with Crippen LogP contribution >= 0.6 is 11.3 Å². The van der Waals surface area contributed by atoms with E-state index in [0.717, 1.165) is 42.2 Å². The fourth-order valence-electron chi connectivity index (χ4n) is 3.02. The highest BCUT2D eigenvalue weighted by atomic mass is 32.1. The van der Waals surface area contributed by atoms with Gasteiger partial charge in [0.15, 0.2) is 6.61 Å². The topological polar surface area (TPSA) is 108 Å². The Bertz CT molecular complexity index is 996. The van der Waals surface area contributed by atoms with E-state index in [9.17, 15) is 24.0 Å². The molecule has 0 bridgehead atoms. The smallest absolute Gasteiger partial charge is 0.325 e. The van der Waals surface area contributed by atoms with Gasteiger partial charge in [0, 0.05) is 10.4 Å². The molecule has 29 heavy (non-hydrogen) atoms. The van der Waals surface area contributed by atoms with Crippen LogP contribution in [0, 0.1) is 17.1 Å². The van der Waals surface area contributed by atoms with E-state index < -0.39 is 36.8 Å². The van der Waals surface area contributed by atoms with Crippen LogP contribution < -0.4 is 10.6 Å². The van der Waals surface area contributed by atoms with Crippen LogP contribution in [0.4, 0.5) is 9.39 Å². The van der Waals surface area contributed by atoms with Crippen LogP contribution in [0.2, 0.25) is 0 Å². The fraction of sp³-hybridized carbons (Fsp3) is 0.300. The van der Waals surface area contributed by atoms with Gasteiger partial charge in [0.05, 0.1) is 5.56 Å². The number of amides is 2. The fourth-order valence-corrected chi connectivity index (χ4v) is 4.27. The van der Waals surface area contributed by atoms with Crippen molar-refractivity contribution in [2.45, 2.75) is 25.7 Å². The van der Waals surface area contributed by atoms with Gasteiger partial charge >= 0.3 is 5.97 Å². The molecule has 1 aromatic heterocycles. The molecule has 7 nitrogen and oxygen atoms in total. The summed E-state index contributed by atoms with van der Waals surface area (Å²) in [5.74, 6) is -2.57. The number of thiophene rings is 1. The lowest BCUT2D eigenvalue weighted by molar-refractivity contribution is -0.146. The summed E-state index contributed by atoms with van der Waals surface area (Å²) in [6, 6.07) is 7.17. The van der Waals surface area contributed by atoms with Crippen molar-refractivity contribution in [1.29, 1.82) is 5.26 Å². The summed E-state index contributed by atoms with van der Waals surface area (Å²) < 4.78 is 18.0. The van der Waals surface area contributed by atoms with E-state index in [1.54, 1.807) is 0 Å². The quantitative estimate of drug-likeness (QED) is 0.705. The summed E-state index contributed by atoms with van der Waals surface area (Å²) in [5.41, 5.74) is 1.55. The molecular weight excluding hydrogens is 397 g/mol. The second kappa shape index (κ2) is 9.30. The van der Waals surface area contributed by atoms with Gasteiger partial charge in [-0.25, -0.2) is 4.39 Å². The number of esters is 1. The van der Waals surface area contributed by atoms with Crippen molar-refractivity contribution in [2.75, 3.05) is 18.5 Å². The first kappa shape index (κ1) is 20.5. The van der Waals surface area contributed by atoms with E-state index in [2.05, 4.69) is 16.7 Å². The number of ether oxygens (including phenoxy) is 1. The second-order valence-corrected chi connectivity index (χ2v) is 7.53. The minimum absolute atomic E-state index is 0.0706. The number of fused-ring (bicyclic) bond motifs is 1. The zero-order chi connectivity index (χ0) is 20.8. The van der Waals surface area contributed by atoms with Crippen molar-refractivity contribution >= 4 is 34.1 Å². The molecule has 0 spiro atoms. The monoisotopic (exact) mass is 415 g/mol. The summed E-state index contributed by atoms with van der Waals surface area (Å²) in [4.78, 5) is 36.8. The van der Waals surface area contributed by atoms with Crippen LogP contribution in [-0.2, 0) is 27.2 Å². The van der Waals surface area contributed by atoms with E-state index in [4.69, 9.17) is 4.74 Å². The number of nitriles is 1. The number of carbonyl (C=O) groups is 3. The zero-order valence-corrected chi connectivity index (χ0v) is 16.2. The standard InChI is InChI=1S/C20H18FN3O4S/c21-13-5-3-4-12(8-13)19(27)23-10-18(26)28-11-17(25)24-20-15(9-22)14-6-1-2-7-16(14)29-20/h3-5,8H,1-2,6-7,10-11H2,(H,23,27)(H,24,25). The molecule has 9 heteroatoms. The van der Waals surface area contributed by atoms with E-state index in [-0.39, 0.29) is 5.56 Å². The number of hydrogen-bond donors (Lipinski definition) is 2. The maximum Gasteiger partial charge on any atom is 0.325 e. The molecule has 0 radical (unpaired) electrons. The average Bonchev–Trinajstić information content (AvgIpc) is 3.07. The van der Waals surface area contributed by atoms with Gasteiger partial charge in [0.2, 0.25) is 0 Å². The summed E-state index contributed by atoms with van der Waals surface area (Å²) in [5, 5.41) is 14.8. The second-order valence-electron chi connectivity index (χ2n) is 6.43. The van der Waals surface area contributed by atoms with Gasteiger partial charge in [-0.15, -0.1) is 11.3 Å². The number of benzene rings is 1. The summed E-state index contributed by atoms with van der Waals surface area (Å²) >= 11 is 1.38. The van der Waals surface area contributed by atoms with Gasteiger partial charge in [0.1, 0.15) is 23.4 Å². The van der Waals surface area contributed by atoms with Gasteiger partial charge in [-0.05, 0) is 49.4 Å². The molecule has 1 aliphatic rings. The third kappa shape index (κ3) is 5.18. The van der Waals surface area contributed by atoms with E-state index in [1.807, 2.05) is 0 Å². The number of rotatable bonds is 6. The molecule has 2 aromatic rings. The molecule has 1 heterocycles. The summed E-state index contributed by atoms with van der Waals surface area (Å²) in [6.07, 6.45) is 3.80. The van der Waals surface area contributed by atoms with Crippen molar-refractivity contribution in [3.63, 3.8) is 0 Å². The Morgan fingerprint density at radius 2 is 2.03 bits per heavy atom. The lowest BCUT2D eigenvalue weighted by Gasteiger charge is -2.09. The predicted octanol–water partition coefficient (Wildman–Crippen LogP) is 2.55. The van der Waals surface area contributed by atoms with Crippen LogP contribution in [0.3, 0.4) is 0 Å². The number of carbonyl (C=O) groups excluding carboxylic acids is 3. The first-order valence-corrected chi connectivity index (χ1v) is 9.83. The Morgan fingerprint density at radius 1 is 1.24 bits per heavy atom. The van der Waals surface area contributed by atoms with Crippen molar-refractivity contribution in [1.82, 2.24) is 5.32 Å². The van der Waals surface area contributed by atoms with E-state index in [1.165, 1.54) is 29.5 Å². The molecule has 0 unspecified atom stereocenters. The third-order valence-corrected chi connectivity index (χ3v) is 5.59. The van der Waals surface area contributed by atoms with Crippen molar-refractivity contribution < 1.29 is 23.5 Å². The Labute approximate surface area is 170 Å². The van der Waals surface area contributed by atoms with Gasteiger partial charge in [-0.2, -0.15) is 5.26 Å². The Kier molecular flexibility index (Phi) is 6.57. The SMILES string of the molecule is N#Cc1c(NC(=O)COC(=O)CNC(=O)c2cccc(F)c2)sc2c1CCCC2. The molecule has 0 saturated heterocycles. The number of nitrogens with one attached hydrogen (secondary N) is 2. The van der Waals surface area contributed by atoms with Crippen LogP contribution in [0.5, 0.6) is 0 Å². The number of hydrogen-bond acceptors (Lipinski definition) is 6. The highest BCUT2D eigenvalue weighted by Crippen LogP contribution is 2.37. The van der Waals surface area contributed by atoms with E-state index >= 15 is 0 Å². The zero-order valence-electron chi connectivity index (χ0n) is 15.4. The van der Waals surface area contributed by atoms with Gasteiger partial charge in [-0.3, -0.25) is 14.4 Å². The molecule has 1 aliphatic carbocycles. The molecule has 0 aliphatic heterocycles. The van der Waals surface area contributed by atoms with Crippen LogP contribution in [0.15, 0.2) is 24.3 Å². The van der Waals surface area contributed by atoms with Crippen molar-refractivity contribution in [2.24, 2.45) is 0 Å². The largest absolute Gasteiger partial charge is 0.454 e. The number of aryl methyl sites for hydroxylation is 1. The normalized spacial score (nSPS) is 12.4. The highest BCUT2D eigenvalue weighted by molar-refractivity contribution is 7.16. The molecule has 0 atom stereocenters. The molecule has 2 N–H and O–H groups in total. The molecule has 1 aromatic carbocycles. The minimum atomic E-state index is -0.809. The Balaban J connectivity index is 1.47. The highest BCUT2D eigenvalue weighted by Gasteiger charge is 2.22. The summed E-state index contributed by atoms with van der Waals surface area (Å²) in [7, 11) is 0. The number of anilines is 1. The molecule has 3 rings (SSSR count). The lowest BCUT2D eigenvalue weighted by Crippen LogP contribution is -2.32. The van der Waals surface area contributed by atoms with Gasteiger partial charge in [0.25, 0.3) is 11.8 Å². The number of nitrogens with zero attached hydrogens (tertiary/aromatic N) is 1. The minimum Gasteiger partial charge on any atom is -0.454 e. The summed E-state index contributed by atoms with van der Waals surface area (Å²) in [6.45, 7) is -0.999. The molecule has 150 valence electrons. The Morgan fingerprint density at radius 3 is 2.79 bits per heavy atom. The molecule has 2 amide bonds. The van der Waals surface area contributed by atoms with Crippen molar-refractivity contribution in [3.05, 3.63) is 51.7 Å². The predicted molar refractivity (Wildman–Crippen MR) is 104 cm³/mol. The van der Waals surface area contributed by atoms with Crippen LogP contribution in [0.1, 0.15) is 39.2 Å². The first-order chi connectivity index (χ1) is 14.0. The van der Waals surface area contributed by atoms with E-state index in [0.29, 0.717) is 10.6 Å². The third-order valence-electron chi connectivity index (χ3n) is 4.38. The number of halogens is 1. The molecular formula is C20H18FN3O4S. The van der Waals surface area contributed by atoms with Crippen LogP contribution in [-0.4, -0.2) is 30.9 Å². The van der Waals surface area contributed by atoms with Crippen molar-refractivity contribution in [3.8, 4) is 6.07 Å². The molecule has 0 saturated carbocycles. The van der Waals surface area contributed by atoms with Crippen LogP contribution in [0.25, 0.3) is 0 Å². The lowest BCUT2D eigenvalue weighted by atomic mass is 9.96.